The lowest BCUT2D eigenvalue weighted by molar-refractivity contribution is -0.0103. The smallest absolute Gasteiger partial charge is 0.140 e. The van der Waals surface area contributed by atoms with Crippen molar-refractivity contribution in [1.82, 2.24) is 20.0 Å². The summed E-state index contributed by atoms with van der Waals surface area (Å²) in [7, 11) is 0. The maximum absolute atomic E-state index is 5.48. The van der Waals surface area contributed by atoms with E-state index in [1.54, 1.807) is 6.33 Å². The van der Waals surface area contributed by atoms with Crippen molar-refractivity contribution in [2.45, 2.75) is 50.7 Å². The molecule has 2 atom stereocenters. The van der Waals surface area contributed by atoms with Gasteiger partial charge in [0.15, 0.2) is 0 Å². The Balaban J connectivity index is 1.25. The third-order valence-electron chi connectivity index (χ3n) is 5.36. The second kappa shape index (κ2) is 5.03. The van der Waals surface area contributed by atoms with Gasteiger partial charge in [-0.2, -0.15) is 0 Å². The van der Waals surface area contributed by atoms with Crippen LogP contribution in [0.5, 0.6) is 0 Å². The van der Waals surface area contributed by atoms with Crippen molar-refractivity contribution in [3.63, 3.8) is 0 Å². The number of hydrogen-bond donors (Lipinski definition) is 0. The minimum Gasteiger partial charge on any atom is -0.361 e. The highest BCUT2D eigenvalue weighted by Gasteiger charge is 2.45. The van der Waals surface area contributed by atoms with Crippen LogP contribution in [0, 0.1) is 6.92 Å². The van der Waals surface area contributed by atoms with E-state index >= 15 is 0 Å². The van der Waals surface area contributed by atoms with Gasteiger partial charge < -0.3 is 9.42 Å². The van der Waals surface area contributed by atoms with Gasteiger partial charge >= 0.3 is 0 Å². The zero-order valence-corrected chi connectivity index (χ0v) is 13.4. The maximum atomic E-state index is 5.48. The number of hydrogen-bond acceptors (Lipinski definition) is 6. The van der Waals surface area contributed by atoms with E-state index in [0.29, 0.717) is 18.0 Å². The Morgan fingerprint density at radius 3 is 2.74 bits per heavy atom. The summed E-state index contributed by atoms with van der Waals surface area (Å²) in [5.41, 5.74) is 2.12. The van der Waals surface area contributed by atoms with Crippen molar-refractivity contribution < 1.29 is 4.52 Å². The van der Waals surface area contributed by atoms with Crippen LogP contribution in [0.15, 0.2) is 23.0 Å². The van der Waals surface area contributed by atoms with Gasteiger partial charge in [-0.25, -0.2) is 9.97 Å². The predicted molar refractivity (Wildman–Crippen MR) is 85.2 cm³/mol. The fourth-order valence-corrected chi connectivity index (χ4v) is 3.90. The average Bonchev–Trinajstić information content (AvgIpc) is 3.31. The van der Waals surface area contributed by atoms with E-state index in [4.69, 9.17) is 4.52 Å². The zero-order chi connectivity index (χ0) is 15.4. The Bertz CT molecular complexity index is 713. The summed E-state index contributed by atoms with van der Waals surface area (Å²) >= 11 is 0. The first-order valence-electron chi connectivity index (χ1n) is 8.51. The first kappa shape index (κ1) is 13.5. The van der Waals surface area contributed by atoms with Gasteiger partial charge in [0.1, 0.15) is 17.9 Å². The molecule has 2 aromatic rings. The Labute approximate surface area is 135 Å². The van der Waals surface area contributed by atoms with Crippen molar-refractivity contribution in [3.05, 3.63) is 35.6 Å². The molecule has 6 nitrogen and oxygen atoms in total. The van der Waals surface area contributed by atoms with Crippen LogP contribution in [0.3, 0.4) is 0 Å². The molecule has 2 bridgehead atoms. The van der Waals surface area contributed by atoms with Gasteiger partial charge in [-0.05, 0) is 26.2 Å². The molecule has 23 heavy (non-hydrogen) atoms. The molecule has 4 fully saturated rings. The molecule has 2 aromatic heterocycles. The monoisotopic (exact) mass is 311 g/mol. The second-order valence-corrected chi connectivity index (χ2v) is 7.13. The molecule has 0 radical (unpaired) electrons. The van der Waals surface area contributed by atoms with Gasteiger partial charge in [-0.3, -0.25) is 4.90 Å². The second-order valence-electron chi connectivity index (χ2n) is 7.13. The molecule has 3 saturated heterocycles. The lowest BCUT2D eigenvalue weighted by Crippen LogP contribution is -2.68. The van der Waals surface area contributed by atoms with Crippen LogP contribution in [-0.4, -0.2) is 45.2 Å². The molecule has 120 valence electrons. The molecule has 0 spiro atoms. The quantitative estimate of drug-likeness (QED) is 0.862. The fourth-order valence-electron chi connectivity index (χ4n) is 3.90. The largest absolute Gasteiger partial charge is 0.361 e. The Morgan fingerprint density at radius 1 is 1.17 bits per heavy atom. The summed E-state index contributed by atoms with van der Waals surface area (Å²) in [5.74, 6) is 2.79. The molecule has 3 aliphatic heterocycles. The highest BCUT2D eigenvalue weighted by molar-refractivity contribution is 5.41. The fraction of sp³-hybridized carbons (Fsp3) is 0.588. The molecule has 1 saturated carbocycles. The average molecular weight is 311 g/mol. The van der Waals surface area contributed by atoms with Gasteiger partial charge in [-0.15, -0.1) is 0 Å². The highest BCUT2D eigenvalue weighted by atomic mass is 16.5. The third kappa shape index (κ3) is 2.41. The van der Waals surface area contributed by atoms with Crippen LogP contribution in [-0.2, 0) is 6.54 Å². The Morgan fingerprint density at radius 2 is 2.00 bits per heavy atom. The van der Waals surface area contributed by atoms with Crippen LogP contribution in [0.25, 0.3) is 0 Å². The number of anilines is 1. The minimum atomic E-state index is 0.602. The molecule has 6 heteroatoms. The standard InChI is InChI=1S/C17H21N5O/c1-11-4-17(19-10-18-11)21-8-14-6-15(9-21)22(14)7-13-5-16(23-20-13)12-2-3-12/h4-5,10,12,14-15H,2-3,6-9H2,1H3. The van der Waals surface area contributed by atoms with Gasteiger partial charge in [0.25, 0.3) is 0 Å². The van der Waals surface area contributed by atoms with E-state index in [-0.39, 0.29) is 0 Å². The topological polar surface area (TPSA) is 58.3 Å². The number of piperidine rings is 1. The van der Waals surface area contributed by atoms with Crippen molar-refractivity contribution >= 4 is 5.82 Å². The molecule has 1 aliphatic carbocycles. The third-order valence-corrected chi connectivity index (χ3v) is 5.36. The highest BCUT2D eigenvalue weighted by Crippen LogP contribution is 2.41. The Kier molecular flexibility index (Phi) is 2.95. The number of nitrogens with zero attached hydrogens (tertiary/aromatic N) is 5. The SMILES string of the molecule is Cc1cc(N2CC3CC(C2)N3Cc2cc(C3CC3)on2)ncn1. The molecule has 0 amide bonds. The van der Waals surface area contributed by atoms with E-state index < -0.39 is 0 Å². The van der Waals surface area contributed by atoms with Crippen LogP contribution in [0.1, 0.15) is 42.3 Å². The van der Waals surface area contributed by atoms with E-state index in [1.807, 2.05) is 6.92 Å². The molecular weight excluding hydrogens is 290 g/mol. The maximum Gasteiger partial charge on any atom is 0.140 e. The van der Waals surface area contributed by atoms with E-state index in [9.17, 15) is 0 Å². The molecule has 0 aromatic carbocycles. The van der Waals surface area contributed by atoms with E-state index in [2.05, 4.69) is 37.1 Å². The number of aryl methyl sites for hydroxylation is 1. The summed E-state index contributed by atoms with van der Waals surface area (Å²) in [5, 5.41) is 4.26. The number of aromatic nitrogens is 3. The van der Waals surface area contributed by atoms with Crippen LogP contribution in [0.4, 0.5) is 5.82 Å². The summed E-state index contributed by atoms with van der Waals surface area (Å²) in [6, 6.07) is 5.45. The van der Waals surface area contributed by atoms with Gasteiger partial charge in [0, 0.05) is 55.5 Å². The zero-order valence-electron chi connectivity index (χ0n) is 13.4. The van der Waals surface area contributed by atoms with Crippen molar-refractivity contribution in [3.8, 4) is 0 Å². The predicted octanol–water partition coefficient (Wildman–Crippen LogP) is 2.11. The van der Waals surface area contributed by atoms with E-state index in [1.165, 1.54) is 19.3 Å². The minimum absolute atomic E-state index is 0.602. The summed E-state index contributed by atoms with van der Waals surface area (Å²) in [6.07, 6.45) is 5.47. The molecule has 6 rings (SSSR count). The Hall–Kier alpha value is -1.95. The molecule has 5 heterocycles. The van der Waals surface area contributed by atoms with Crippen LogP contribution < -0.4 is 4.90 Å². The molecular formula is C17H21N5O. The number of rotatable bonds is 4. The number of piperazine rings is 1. The molecule has 4 aliphatic rings. The van der Waals surface area contributed by atoms with Crippen LogP contribution in [0.2, 0.25) is 0 Å². The lowest BCUT2D eigenvalue weighted by Gasteiger charge is -2.56. The number of fused-ring (bicyclic) bond motifs is 2. The van der Waals surface area contributed by atoms with Crippen LogP contribution >= 0.6 is 0 Å². The first-order valence-corrected chi connectivity index (χ1v) is 8.51. The summed E-state index contributed by atoms with van der Waals surface area (Å²) in [6.45, 7) is 5.02. The van der Waals surface area contributed by atoms with E-state index in [0.717, 1.165) is 42.6 Å². The first-order chi connectivity index (χ1) is 11.3. The molecule has 0 N–H and O–H groups in total. The molecule has 2 unspecified atom stereocenters. The van der Waals surface area contributed by atoms with Crippen molar-refractivity contribution in [2.75, 3.05) is 18.0 Å². The van der Waals surface area contributed by atoms with Gasteiger partial charge in [0.2, 0.25) is 0 Å². The van der Waals surface area contributed by atoms with Crippen molar-refractivity contribution in [2.24, 2.45) is 0 Å². The van der Waals surface area contributed by atoms with Gasteiger partial charge in [-0.1, -0.05) is 5.16 Å². The summed E-state index contributed by atoms with van der Waals surface area (Å²) in [4.78, 5) is 13.6. The normalized spacial score (nSPS) is 27.1. The summed E-state index contributed by atoms with van der Waals surface area (Å²) < 4.78 is 5.48. The van der Waals surface area contributed by atoms with Crippen molar-refractivity contribution in [1.29, 1.82) is 0 Å². The lowest BCUT2D eigenvalue weighted by atomic mass is 9.87. The van der Waals surface area contributed by atoms with Gasteiger partial charge in [0.05, 0.1) is 5.69 Å².